The molecular formula is C18H24N4O2. The Morgan fingerprint density at radius 1 is 1.38 bits per heavy atom. The molecule has 1 atom stereocenters. The predicted octanol–water partition coefficient (Wildman–Crippen LogP) is 2.83. The molecule has 128 valence electrons. The van der Waals surface area contributed by atoms with Gasteiger partial charge in [0.25, 0.3) is 0 Å². The molecule has 0 radical (unpaired) electrons. The average Bonchev–Trinajstić information content (AvgIpc) is 3.30. The Morgan fingerprint density at radius 2 is 2.21 bits per heavy atom. The van der Waals surface area contributed by atoms with Crippen molar-refractivity contribution in [1.29, 1.82) is 0 Å². The van der Waals surface area contributed by atoms with Crippen LogP contribution in [0.3, 0.4) is 0 Å². The van der Waals surface area contributed by atoms with Gasteiger partial charge in [-0.2, -0.15) is 0 Å². The minimum absolute atomic E-state index is 0.0268. The highest BCUT2D eigenvalue weighted by atomic mass is 16.5. The van der Waals surface area contributed by atoms with Gasteiger partial charge in [0.2, 0.25) is 0 Å². The summed E-state index contributed by atoms with van der Waals surface area (Å²) in [4.78, 5) is 18.4. The molecule has 1 aromatic carbocycles. The van der Waals surface area contributed by atoms with E-state index in [1.807, 2.05) is 39.9 Å². The Hall–Kier alpha value is -2.50. The van der Waals surface area contributed by atoms with Crippen LogP contribution in [-0.2, 0) is 6.54 Å². The molecule has 1 saturated heterocycles. The standard InChI is InChI=1S/C18H24N4O2/c1-24-16-7-5-15(6-8-16)17-4-2-12-22(17)18(23)20-9-3-11-21-13-10-19-14-21/h5-8,10,13-14,17H,2-4,9,11-12H2,1H3,(H,20,23)/t17-/m1/s1. The summed E-state index contributed by atoms with van der Waals surface area (Å²) in [7, 11) is 1.66. The number of amides is 2. The molecule has 6 heteroatoms. The molecule has 1 N–H and O–H groups in total. The average molecular weight is 328 g/mol. The summed E-state index contributed by atoms with van der Waals surface area (Å²) in [6.45, 7) is 2.34. The SMILES string of the molecule is COc1ccc([C@H]2CCCN2C(=O)NCCCn2ccnc2)cc1. The molecule has 0 unspecified atom stereocenters. The van der Waals surface area contributed by atoms with E-state index in [9.17, 15) is 4.79 Å². The zero-order valence-electron chi connectivity index (χ0n) is 14.0. The van der Waals surface area contributed by atoms with Crippen LogP contribution < -0.4 is 10.1 Å². The predicted molar refractivity (Wildman–Crippen MR) is 91.9 cm³/mol. The van der Waals surface area contributed by atoms with Crippen molar-refractivity contribution in [3.63, 3.8) is 0 Å². The second-order valence-electron chi connectivity index (χ2n) is 6.01. The lowest BCUT2D eigenvalue weighted by atomic mass is 10.0. The molecule has 2 heterocycles. The van der Waals surface area contributed by atoms with E-state index in [1.165, 1.54) is 5.56 Å². The Balaban J connectivity index is 1.51. The van der Waals surface area contributed by atoms with Gasteiger partial charge in [-0.3, -0.25) is 0 Å². The van der Waals surface area contributed by atoms with Crippen LogP contribution >= 0.6 is 0 Å². The van der Waals surface area contributed by atoms with E-state index in [0.717, 1.165) is 38.1 Å². The lowest BCUT2D eigenvalue weighted by molar-refractivity contribution is 0.192. The first-order valence-corrected chi connectivity index (χ1v) is 8.42. The lowest BCUT2D eigenvalue weighted by Gasteiger charge is -2.25. The van der Waals surface area contributed by atoms with Crippen molar-refractivity contribution in [2.75, 3.05) is 20.2 Å². The first-order valence-electron chi connectivity index (χ1n) is 8.42. The molecular weight excluding hydrogens is 304 g/mol. The fourth-order valence-electron chi connectivity index (χ4n) is 3.16. The highest BCUT2D eigenvalue weighted by Gasteiger charge is 2.29. The van der Waals surface area contributed by atoms with Gasteiger partial charge in [-0.1, -0.05) is 12.1 Å². The molecule has 1 aliphatic rings. The maximum Gasteiger partial charge on any atom is 0.317 e. The van der Waals surface area contributed by atoms with Gasteiger partial charge in [0.05, 0.1) is 19.5 Å². The largest absolute Gasteiger partial charge is 0.497 e. The molecule has 6 nitrogen and oxygen atoms in total. The van der Waals surface area contributed by atoms with Crippen molar-refractivity contribution in [3.8, 4) is 5.75 Å². The van der Waals surface area contributed by atoms with E-state index in [4.69, 9.17) is 4.74 Å². The van der Waals surface area contributed by atoms with Crippen molar-refractivity contribution in [2.24, 2.45) is 0 Å². The molecule has 0 saturated carbocycles. The van der Waals surface area contributed by atoms with Gasteiger partial charge in [-0.15, -0.1) is 0 Å². The highest BCUT2D eigenvalue weighted by molar-refractivity contribution is 5.75. The molecule has 3 rings (SSSR count). The number of aryl methyl sites for hydroxylation is 1. The van der Waals surface area contributed by atoms with Gasteiger partial charge in [0.1, 0.15) is 5.75 Å². The highest BCUT2D eigenvalue weighted by Crippen LogP contribution is 2.32. The zero-order chi connectivity index (χ0) is 16.8. The number of hydrogen-bond acceptors (Lipinski definition) is 3. The molecule has 1 aliphatic heterocycles. The van der Waals surface area contributed by atoms with Crippen LogP contribution in [0.5, 0.6) is 5.75 Å². The summed E-state index contributed by atoms with van der Waals surface area (Å²) >= 11 is 0. The van der Waals surface area contributed by atoms with Crippen molar-refractivity contribution >= 4 is 6.03 Å². The van der Waals surface area contributed by atoms with Crippen LogP contribution in [0.15, 0.2) is 43.0 Å². The van der Waals surface area contributed by atoms with Crippen LogP contribution in [0.4, 0.5) is 4.79 Å². The number of imidazole rings is 1. The van der Waals surface area contributed by atoms with Crippen LogP contribution in [-0.4, -0.2) is 40.7 Å². The summed E-state index contributed by atoms with van der Waals surface area (Å²) in [5, 5.41) is 3.04. The fraction of sp³-hybridized carbons (Fsp3) is 0.444. The number of aromatic nitrogens is 2. The first-order chi connectivity index (χ1) is 11.8. The summed E-state index contributed by atoms with van der Waals surface area (Å²) < 4.78 is 7.22. The molecule has 2 amide bonds. The fourth-order valence-corrected chi connectivity index (χ4v) is 3.16. The number of rotatable bonds is 6. The van der Waals surface area contributed by atoms with Crippen molar-refractivity contribution < 1.29 is 9.53 Å². The maximum absolute atomic E-state index is 12.5. The summed E-state index contributed by atoms with van der Waals surface area (Å²) in [5.74, 6) is 0.840. The van der Waals surface area contributed by atoms with Crippen LogP contribution in [0.25, 0.3) is 0 Å². The molecule has 0 aliphatic carbocycles. The van der Waals surface area contributed by atoms with Gasteiger partial charge in [-0.05, 0) is 37.0 Å². The number of carbonyl (C=O) groups excluding carboxylic acids is 1. The Kier molecular flexibility index (Phi) is 5.36. The number of carbonyl (C=O) groups is 1. The third kappa shape index (κ3) is 3.88. The Bertz CT molecular complexity index is 640. The second-order valence-corrected chi connectivity index (χ2v) is 6.01. The normalized spacial score (nSPS) is 17.0. The van der Waals surface area contributed by atoms with E-state index >= 15 is 0 Å². The van der Waals surface area contributed by atoms with Crippen LogP contribution in [0.1, 0.15) is 30.9 Å². The van der Waals surface area contributed by atoms with E-state index < -0.39 is 0 Å². The Labute approximate surface area is 142 Å². The third-order valence-corrected chi connectivity index (χ3v) is 4.44. The summed E-state index contributed by atoms with van der Waals surface area (Å²) in [6, 6.07) is 8.19. The van der Waals surface area contributed by atoms with Crippen molar-refractivity contribution in [3.05, 3.63) is 48.5 Å². The molecule has 2 aromatic rings. The molecule has 24 heavy (non-hydrogen) atoms. The molecule has 0 bridgehead atoms. The number of benzene rings is 1. The number of methoxy groups -OCH3 is 1. The summed E-state index contributed by atoms with van der Waals surface area (Å²) in [5.41, 5.74) is 1.17. The number of likely N-dealkylation sites (tertiary alicyclic amines) is 1. The number of nitrogens with zero attached hydrogens (tertiary/aromatic N) is 3. The van der Waals surface area contributed by atoms with Crippen molar-refractivity contribution in [2.45, 2.75) is 31.8 Å². The second kappa shape index (κ2) is 7.86. The van der Waals surface area contributed by atoms with Gasteiger partial charge < -0.3 is 19.5 Å². The Morgan fingerprint density at radius 3 is 2.92 bits per heavy atom. The smallest absolute Gasteiger partial charge is 0.317 e. The maximum atomic E-state index is 12.5. The van der Waals surface area contributed by atoms with E-state index in [1.54, 1.807) is 19.6 Å². The number of nitrogens with one attached hydrogen (secondary N) is 1. The number of ether oxygens (including phenoxy) is 1. The number of hydrogen-bond donors (Lipinski definition) is 1. The zero-order valence-corrected chi connectivity index (χ0v) is 14.0. The third-order valence-electron chi connectivity index (χ3n) is 4.44. The lowest BCUT2D eigenvalue weighted by Crippen LogP contribution is -2.40. The van der Waals surface area contributed by atoms with Gasteiger partial charge >= 0.3 is 6.03 Å². The quantitative estimate of drug-likeness (QED) is 0.830. The van der Waals surface area contributed by atoms with E-state index in [0.29, 0.717) is 6.54 Å². The van der Waals surface area contributed by atoms with Gasteiger partial charge in [-0.25, -0.2) is 9.78 Å². The van der Waals surface area contributed by atoms with E-state index in [2.05, 4.69) is 10.3 Å². The molecule has 1 fully saturated rings. The topological polar surface area (TPSA) is 59.4 Å². The molecule has 1 aromatic heterocycles. The molecule has 0 spiro atoms. The summed E-state index contributed by atoms with van der Waals surface area (Å²) in [6.07, 6.45) is 8.43. The minimum Gasteiger partial charge on any atom is -0.497 e. The van der Waals surface area contributed by atoms with Crippen LogP contribution in [0, 0.1) is 0 Å². The minimum atomic E-state index is 0.0268. The van der Waals surface area contributed by atoms with Crippen molar-refractivity contribution in [1.82, 2.24) is 19.8 Å². The van der Waals surface area contributed by atoms with Gasteiger partial charge in [0.15, 0.2) is 0 Å². The monoisotopic (exact) mass is 328 g/mol. The van der Waals surface area contributed by atoms with Gasteiger partial charge in [0, 0.05) is 32.0 Å². The number of urea groups is 1. The van der Waals surface area contributed by atoms with Crippen LogP contribution in [0.2, 0.25) is 0 Å². The van der Waals surface area contributed by atoms with E-state index in [-0.39, 0.29) is 12.1 Å². The first kappa shape index (κ1) is 16.4.